The van der Waals surface area contributed by atoms with Gasteiger partial charge in [0.05, 0.1) is 7.11 Å². The Labute approximate surface area is 172 Å². The van der Waals surface area contributed by atoms with Gasteiger partial charge in [-0.1, -0.05) is 6.92 Å². The summed E-state index contributed by atoms with van der Waals surface area (Å²) in [5, 5.41) is 9.18. The second kappa shape index (κ2) is 10.1. The number of piperidine rings is 1. The molecule has 0 aliphatic carbocycles. The van der Waals surface area contributed by atoms with Crippen molar-refractivity contribution in [1.29, 1.82) is 0 Å². The molecule has 1 aliphatic rings. The van der Waals surface area contributed by atoms with Gasteiger partial charge in [-0.25, -0.2) is 0 Å². The summed E-state index contributed by atoms with van der Waals surface area (Å²) in [7, 11) is 1.60. The van der Waals surface area contributed by atoms with Gasteiger partial charge in [-0.3, -0.25) is 9.59 Å². The van der Waals surface area contributed by atoms with Gasteiger partial charge in [-0.2, -0.15) is 0 Å². The van der Waals surface area contributed by atoms with Crippen LogP contribution < -0.4 is 20.7 Å². The van der Waals surface area contributed by atoms with Gasteiger partial charge in [0, 0.05) is 23.4 Å². The van der Waals surface area contributed by atoms with Crippen LogP contribution in [-0.2, 0) is 4.79 Å². The van der Waals surface area contributed by atoms with Gasteiger partial charge in [0.25, 0.3) is 5.91 Å². The Balaban J connectivity index is 1.50. The van der Waals surface area contributed by atoms with Gasteiger partial charge >= 0.3 is 0 Å². The fourth-order valence-electron chi connectivity index (χ4n) is 3.62. The molecule has 1 heterocycles. The first-order valence-electron chi connectivity index (χ1n) is 10.1. The molecule has 0 spiro atoms. The highest BCUT2D eigenvalue weighted by Gasteiger charge is 2.22. The highest BCUT2D eigenvalue weighted by Crippen LogP contribution is 2.23. The van der Waals surface area contributed by atoms with Crippen LogP contribution in [0.1, 0.15) is 36.5 Å². The van der Waals surface area contributed by atoms with E-state index in [2.05, 4.69) is 22.9 Å². The number of anilines is 2. The van der Waals surface area contributed by atoms with E-state index in [9.17, 15) is 9.59 Å². The molecule has 0 aromatic heterocycles. The average molecular weight is 396 g/mol. The Morgan fingerprint density at radius 1 is 1.07 bits per heavy atom. The minimum Gasteiger partial charge on any atom is -0.497 e. The Bertz CT molecular complexity index is 812. The number of amides is 2. The number of hydrogen-bond acceptors (Lipinski definition) is 4. The zero-order chi connectivity index (χ0) is 20.6. The van der Waals surface area contributed by atoms with Gasteiger partial charge < -0.3 is 20.7 Å². The smallest absolute Gasteiger partial charge is 0.255 e. The SMILES string of the molecule is COc1ccc(NC(=O)c2ccc(NC(=O)CC(C)C3CCCNC3)cc2)cc1. The van der Waals surface area contributed by atoms with Crippen molar-refractivity contribution in [1.82, 2.24) is 5.32 Å². The third-order valence-electron chi connectivity index (χ3n) is 5.43. The lowest BCUT2D eigenvalue weighted by Crippen LogP contribution is -2.34. The summed E-state index contributed by atoms with van der Waals surface area (Å²) in [5.41, 5.74) is 1.92. The van der Waals surface area contributed by atoms with E-state index in [1.165, 1.54) is 12.8 Å². The standard InChI is InChI=1S/C23H29N3O3/c1-16(18-4-3-13-24-15-18)14-22(27)25-19-7-5-17(6-8-19)23(28)26-20-9-11-21(29-2)12-10-20/h5-12,16,18,24H,3-4,13-15H2,1-2H3,(H,25,27)(H,26,28). The van der Waals surface area contributed by atoms with E-state index in [1.54, 1.807) is 55.6 Å². The summed E-state index contributed by atoms with van der Waals surface area (Å²) in [4.78, 5) is 24.7. The number of carbonyl (C=O) groups is 2. The summed E-state index contributed by atoms with van der Waals surface area (Å²) in [6.45, 7) is 4.21. The number of carbonyl (C=O) groups excluding carboxylic acids is 2. The molecule has 1 saturated heterocycles. The predicted octanol–water partition coefficient (Wildman–Crippen LogP) is 3.91. The van der Waals surface area contributed by atoms with Crippen molar-refractivity contribution in [3.63, 3.8) is 0 Å². The van der Waals surface area contributed by atoms with Crippen LogP contribution >= 0.6 is 0 Å². The topological polar surface area (TPSA) is 79.5 Å². The van der Waals surface area contributed by atoms with Gasteiger partial charge in [-0.15, -0.1) is 0 Å². The molecule has 1 fully saturated rings. The lowest BCUT2D eigenvalue weighted by molar-refractivity contribution is -0.117. The van der Waals surface area contributed by atoms with Crippen LogP contribution in [0.25, 0.3) is 0 Å². The molecule has 2 unspecified atom stereocenters. The Hall–Kier alpha value is -2.86. The van der Waals surface area contributed by atoms with Crippen molar-refractivity contribution >= 4 is 23.2 Å². The van der Waals surface area contributed by atoms with E-state index in [-0.39, 0.29) is 11.8 Å². The van der Waals surface area contributed by atoms with Crippen LogP contribution in [0.15, 0.2) is 48.5 Å². The lowest BCUT2D eigenvalue weighted by Gasteiger charge is -2.28. The molecule has 1 aliphatic heterocycles. The zero-order valence-electron chi connectivity index (χ0n) is 17.0. The monoisotopic (exact) mass is 395 g/mol. The van der Waals surface area contributed by atoms with Gasteiger partial charge in [0.1, 0.15) is 5.75 Å². The number of methoxy groups -OCH3 is 1. The maximum absolute atomic E-state index is 12.4. The van der Waals surface area contributed by atoms with Crippen LogP contribution in [0.3, 0.4) is 0 Å². The van der Waals surface area contributed by atoms with E-state index in [1.807, 2.05) is 0 Å². The van der Waals surface area contributed by atoms with Crippen LogP contribution in [0.5, 0.6) is 5.75 Å². The van der Waals surface area contributed by atoms with Crippen molar-refractivity contribution < 1.29 is 14.3 Å². The van der Waals surface area contributed by atoms with Crippen molar-refractivity contribution in [2.45, 2.75) is 26.2 Å². The fraction of sp³-hybridized carbons (Fsp3) is 0.391. The zero-order valence-corrected chi connectivity index (χ0v) is 17.0. The van der Waals surface area contributed by atoms with Crippen molar-refractivity contribution in [2.75, 3.05) is 30.8 Å². The minimum absolute atomic E-state index is 0.0125. The lowest BCUT2D eigenvalue weighted by atomic mass is 9.85. The first kappa shape index (κ1) is 20.9. The Morgan fingerprint density at radius 2 is 1.72 bits per heavy atom. The minimum atomic E-state index is -0.202. The van der Waals surface area contributed by atoms with Crippen molar-refractivity contribution in [3.05, 3.63) is 54.1 Å². The molecule has 2 atom stereocenters. The number of hydrogen-bond donors (Lipinski definition) is 3. The molecule has 0 radical (unpaired) electrons. The summed E-state index contributed by atoms with van der Waals surface area (Å²) in [6, 6.07) is 14.1. The van der Waals surface area contributed by atoms with Gasteiger partial charge in [0.2, 0.25) is 5.91 Å². The molecule has 29 heavy (non-hydrogen) atoms. The maximum atomic E-state index is 12.4. The average Bonchev–Trinajstić information content (AvgIpc) is 2.75. The van der Waals surface area contributed by atoms with Crippen LogP contribution in [0.2, 0.25) is 0 Å². The van der Waals surface area contributed by atoms with E-state index < -0.39 is 0 Å². The molecule has 6 nitrogen and oxygen atoms in total. The van der Waals surface area contributed by atoms with E-state index in [4.69, 9.17) is 4.74 Å². The fourth-order valence-corrected chi connectivity index (χ4v) is 3.62. The Kier molecular flexibility index (Phi) is 7.25. The molecular weight excluding hydrogens is 366 g/mol. The first-order chi connectivity index (χ1) is 14.0. The highest BCUT2D eigenvalue weighted by molar-refractivity contribution is 6.04. The van der Waals surface area contributed by atoms with Gasteiger partial charge in [0.15, 0.2) is 0 Å². The number of ether oxygens (including phenoxy) is 1. The van der Waals surface area contributed by atoms with Crippen molar-refractivity contribution in [2.24, 2.45) is 11.8 Å². The second-order valence-electron chi connectivity index (χ2n) is 7.60. The van der Waals surface area contributed by atoms with E-state index >= 15 is 0 Å². The molecule has 6 heteroatoms. The molecule has 2 amide bonds. The molecule has 0 saturated carbocycles. The summed E-state index contributed by atoms with van der Waals surface area (Å²) >= 11 is 0. The maximum Gasteiger partial charge on any atom is 0.255 e. The highest BCUT2D eigenvalue weighted by atomic mass is 16.5. The summed E-state index contributed by atoms with van der Waals surface area (Å²) in [5.74, 6) is 1.44. The Morgan fingerprint density at radius 3 is 2.34 bits per heavy atom. The normalized spacial score (nSPS) is 17.2. The summed E-state index contributed by atoms with van der Waals surface area (Å²) in [6.07, 6.45) is 2.86. The number of rotatable bonds is 7. The number of benzene rings is 2. The molecule has 154 valence electrons. The third kappa shape index (κ3) is 6.06. The summed E-state index contributed by atoms with van der Waals surface area (Å²) < 4.78 is 5.11. The predicted molar refractivity (Wildman–Crippen MR) is 115 cm³/mol. The van der Waals surface area contributed by atoms with Crippen molar-refractivity contribution in [3.8, 4) is 5.75 Å². The quantitative estimate of drug-likeness (QED) is 0.664. The second-order valence-corrected chi connectivity index (χ2v) is 7.60. The number of nitrogens with one attached hydrogen (secondary N) is 3. The van der Waals surface area contributed by atoms with E-state index in [0.29, 0.717) is 35.2 Å². The van der Waals surface area contributed by atoms with Crippen LogP contribution in [-0.4, -0.2) is 32.0 Å². The first-order valence-corrected chi connectivity index (χ1v) is 10.1. The van der Waals surface area contributed by atoms with Gasteiger partial charge in [-0.05, 0) is 86.3 Å². The molecule has 2 aromatic carbocycles. The molecule has 2 aromatic rings. The van der Waals surface area contributed by atoms with E-state index in [0.717, 1.165) is 18.8 Å². The largest absolute Gasteiger partial charge is 0.497 e. The molecule has 3 rings (SSSR count). The van der Waals surface area contributed by atoms with Crippen LogP contribution in [0.4, 0.5) is 11.4 Å². The molecule has 3 N–H and O–H groups in total. The molecular formula is C23H29N3O3. The van der Waals surface area contributed by atoms with Crippen LogP contribution in [0, 0.1) is 11.8 Å². The third-order valence-corrected chi connectivity index (χ3v) is 5.43. The molecule has 0 bridgehead atoms.